The van der Waals surface area contributed by atoms with E-state index in [1.807, 2.05) is 0 Å². The number of hydrogen-bond donors (Lipinski definition) is 1. The van der Waals surface area contributed by atoms with Gasteiger partial charge in [0.15, 0.2) is 0 Å². The second kappa shape index (κ2) is 6.95. The normalized spacial score (nSPS) is 19.8. The SMILES string of the molecule is CN(C)C(CNC(=O)C1CCCO1)c1c(F)cccc1F. The average Bonchev–Trinajstić information content (AvgIpc) is 2.95. The molecule has 1 aromatic rings. The molecule has 2 unspecified atom stereocenters. The number of rotatable bonds is 5. The highest BCUT2D eigenvalue weighted by atomic mass is 19.1. The Labute approximate surface area is 123 Å². The molecule has 1 N–H and O–H groups in total. The number of carbonyl (C=O) groups excluding carboxylic acids is 1. The van der Waals surface area contributed by atoms with E-state index >= 15 is 0 Å². The molecule has 2 rings (SSSR count). The van der Waals surface area contributed by atoms with Crippen molar-refractivity contribution in [1.29, 1.82) is 0 Å². The summed E-state index contributed by atoms with van der Waals surface area (Å²) in [7, 11) is 3.43. The molecule has 0 aliphatic carbocycles. The monoisotopic (exact) mass is 298 g/mol. The van der Waals surface area contributed by atoms with Crippen molar-refractivity contribution in [3.8, 4) is 0 Å². The Morgan fingerprint density at radius 2 is 2.10 bits per heavy atom. The topological polar surface area (TPSA) is 41.6 Å². The quantitative estimate of drug-likeness (QED) is 0.902. The second-order valence-corrected chi connectivity index (χ2v) is 5.36. The Balaban J connectivity index is 2.07. The van der Waals surface area contributed by atoms with Crippen LogP contribution in [0.4, 0.5) is 8.78 Å². The van der Waals surface area contributed by atoms with Crippen molar-refractivity contribution >= 4 is 5.91 Å². The molecular formula is C15H20F2N2O2. The van der Waals surface area contributed by atoms with Crippen LogP contribution >= 0.6 is 0 Å². The van der Waals surface area contributed by atoms with Gasteiger partial charge in [0.1, 0.15) is 17.7 Å². The lowest BCUT2D eigenvalue weighted by Gasteiger charge is -2.26. The molecule has 1 heterocycles. The van der Waals surface area contributed by atoms with E-state index in [2.05, 4.69) is 5.32 Å². The zero-order chi connectivity index (χ0) is 15.4. The summed E-state index contributed by atoms with van der Waals surface area (Å²) in [6, 6.07) is 3.19. The Bertz CT molecular complexity index is 482. The molecule has 0 radical (unpaired) electrons. The van der Waals surface area contributed by atoms with Crippen molar-refractivity contribution in [2.75, 3.05) is 27.2 Å². The van der Waals surface area contributed by atoms with Gasteiger partial charge in [0.05, 0.1) is 6.04 Å². The minimum absolute atomic E-state index is 0.0323. The molecule has 1 aromatic carbocycles. The molecule has 0 bridgehead atoms. The molecule has 4 nitrogen and oxygen atoms in total. The molecule has 1 amide bonds. The van der Waals surface area contributed by atoms with E-state index in [1.165, 1.54) is 18.2 Å². The maximum absolute atomic E-state index is 13.9. The summed E-state index contributed by atoms with van der Waals surface area (Å²) >= 11 is 0. The van der Waals surface area contributed by atoms with Crippen LogP contribution in [-0.2, 0) is 9.53 Å². The first kappa shape index (κ1) is 15.9. The van der Waals surface area contributed by atoms with Gasteiger partial charge in [0.2, 0.25) is 5.91 Å². The minimum atomic E-state index is -0.611. The van der Waals surface area contributed by atoms with Crippen LogP contribution in [0, 0.1) is 11.6 Å². The number of ether oxygens (including phenoxy) is 1. The lowest BCUT2D eigenvalue weighted by Crippen LogP contribution is -2.40. The zero-order valence-corrected chi connectivity index (χ0v) is 12.2. The van der Waals surface area contributed by atoms with Crippen molar-refractivity contribution in [3.63, 3.8) is 0 Å². The zero-order valence-electron chi connectivity index (χ0n) is 12.2. The summed E-state index contributed by atoms with van der Waals surface area (Å²) in [4.78, 5) is 13.6. The molecule has 1 saturated heterocycles. The van der Waals surface area contributed by atoms with Crippen LogP contribution in [-0.4, -0.2) is 44.2 Å². The highest BCUT2D eigenvalue weighted by Crippen LogP contribution is 2.24. The number of benzene rings is 1. The smallest absolute Gasteiger partial charge is 0.249 e. The molecule has 6 heteroatoms. The molecular weight excluding hydrogens is 278 g/mol. The van der Waals surface area contributed by atoms with E-state index in [1.54, 1.807) is 19.0 Å². The van der Waals surface area contributed by atoms with Gasteiger partial charge in [0, 0.05) is 18.7 Å². The summed E-state index contributed by atoms with van der Waals surface area (Å²) in [6.07, 6.45) is 1.10. The van der Waals surface area contributed by atoms with Gasteiger partial charge in [-0.15, -0.1) is 0 Å². The number of nitrogens with one attached hydrogen (secondary N) is 1. The van der Waals surface area contributed by atoms with Crippen LogP contribution in [0.2, 0.25) is 0 Å². The third-order valence-corrected chi connectivity index (χ3v) is 3.65. The van der Waals surface area contributed by atoms with Crippen LogP contribution in [0.25, 0.3) is 0 Å². The van der Waals surface area contributed by atoms with Crippen molar-refractivity contribution in [1.82, 2.24) is 10.2 Å². The van der Waals surface area contributed by atoms with Crippen molar-refractivity contribution < 1.29 is 18.3 Å². The maximum atomic E-state index is 13.9. The predicted molar refractivity (Wildman–Crippen MR) is 74.8 cm³/mol. The number of nitrogens with zero attached hydrogens (tertiary/aromatic N) is 1. The predicted octanol–water partition coefficient (Wildman–Crippen LogP) is 1.86. The van der Waals surface area contributed by atoms with Crippen molar-refractivity contribution in [2.45, 2.75) is 25.0 Å². The molecule has 116 valence electrons. The molecule has 2 atom stereocenters. The van der Waals surface area contributed by atoms with Gasteiger partial charge in [-0.3, -0.25) is 4.79 Å². The standard InChI is InChI=1S/C15H20F2N2O2/c1-19(2)12(14-10(16)5-3-6-11(14)17)9-18-15(20)13-7-4-8-21-13/h3,5-6,12-13H,4,7-9H2,1-2H3,(H,18,20). The van der Waals surface area contributed by atoms with Crippen LogP contribution < -0.4 is 5.32 Å². The Hall–Kier alpha value is -1.53. The Morgan fingerprint density at radius 1 is 1.43 bits per heavy atom. The molecule has 1 fully saturated rings. The van der Waals surface area contributed by atoms with Gasteiger partial charge in [0.25, 0.3) is 0 Å². The molecule has 21 heavy (non-hydrogen) atoms. The number of halogens is 2. The third kappa shape index (κ3) is 3.77. The number of amides is 1. The van der Waals surface area contributed by atoms with Crippen LogP contribution in [0.1, 0.15) is 24.4 Å². The molecule has 0 aromatic heterocycles. The summed E-state index contributed by atoms with van der Waals surface area (Å²) in [5.41, 5.74) is -0.0323. The number of likely N-dealkylation sites (N-methyl/N-ethyl adjacent to an activating group) is 1. The Morgan fingerprint density at radius 3 is 2.62 bits per heavy atom. The van der Waals surface area contributed by atoms with E-state index in [-0.39, 0.29) is 18.0 Å². The van der Waals surface area contributed by atoms with Gasteiger partial charge in [-0.1, -0.05) is 6.07 Å². The minimum Gasteiger partial charge on any atom is -0.368 e. The molecule has 1 aliphatic rings. The van der Waals surface area contributed by atoms with Gasteiger partial charge in [-0.25, -0.2) is 8.78 Å². The van der Waals surface area contributed by atoms with E-state index < -0.39 is 23.8 Å². The van der Waals surface area contributed by atoms with Gasteiger partial charge in [-0.2, -0.15) is 0 Å². The summed E-state index contributed by atoms with van der Waals surface area (Å²) in [5, 5.41) is 2.72. The van der Waals surface area contributed by atoms with Crippen LogP contribution in [0.15, 0.2) is 18.2 Å². The first-order chi connectivity index (χ1) is 10.0. The second-order valence-electron chi connectivity index (χ2n) is 5.36. The fraction of sp³-hybridized carbons (Fsp3) is 0.533. The highest BCUT2D eigenvalue weighted by Gasteiger charge is 2.26. The largest absolute Gasteiger partial charge is 0.368 e. The van der Waals surface area contributed by atoms with E-state index in [0.29, 0.717) is 13.0 Å². The first-order valence-corrected chi connectivity index (χ1v) is 7.00. The first-order valence-electron chi connectivity index (χ1n) is 7.00. The maximum Gasteiger partial charge on any atom is 0.249 e. The fourth-order valence-corrected chi connectivity index (χ4v) is 2.47. The Kier molecular flexibility index (Phi) is 5.25. The highest BCUT2D eigenvalue weighted by molar-refractivity contribution is 5.81. The average molecular weight is 298 g/mol. The summed E-state index contributed by atoms with van der Waals surface area (Å²) in [6.45, 7) is 0.709. The van der Waals surface area contributed by atoms with Gasteiger partial charge >= 0.3 is 0 Å². The summed E-state index contributed by atoms with van der Waals surface area (Å²) in [5.74, 6) is -1.45. The molecule has 1 aliphatic heterocycles. The van der Waals surface area contributed by atoms with Gasteiger partial charge < -0.3 is 15.0 Å². The summed E-state index contributed by atoms with van der Waals surface area (Å²) < 4.78 is 33.1. The molecule has 0 spiro atoms. The van der Waals surface area contributed by atoms with Gasteiger partial charge in [-0.05, 0) is 39.1 Å². The number of carbonyl (C=O) groups is 1. The fourth-order valence-electron chi connectivity index (χ4n) is 2.47. The number of hydrogen-bond acceptors (Lipinski definition) is 3. The molecule has 0 saturated carbocycles. The van der Waals surface area contributed by atoms with E-state index in [0.717, 1.165) is 6.42 Å². The lowest BCUT2D eigenvalue weighted by molar-refractivity contribution is -0.130. The van der Waals surface area contributed by atoms with E-state index in [9.17, 15) is 13.6 Å². The van der Waals surface area contributed by atoms with Crippen LogP contribution in [0.3, 0.4) is 0 Å². The lowest BCUT2D eigenvalue weighted by atomic mass is 10.0. The van der Waals surface area contributed by atoms with Crippen molar-refractivity contribution in [2.24, 2.45) is 0 Å². The van der Waals surface area contributed by atoms with Crippen molar-refractivity contribution in [3.05, 3.63) is 35.4 Å². The van der Waals surface area contributed by atoms with Crippen LogP contribution in [0.5, 0.6) is 0 Å². The van der Waals surface area contributed by atoms with E-state index in [4.69, 9.17) is 4.74 Å². The third-order valence-electron chi connectivity index (χ3n) is 3.65.